The molecule has 0 amide bonds. The van der Waals surface area contributed by atoms with Crippen LogP contribution in [0.5, 0.6) is 0 Å². The SMILES string of the molecule is CSCC(=O)c1cc(F)c(F)c(F)c1. The summed E-state index contributed by atoms with van der Waals surface area (Å²) in [4.78, 5) is 11.2. The minimum absolute atomic E-state index is 0.116. The van der Waals surface area contributed by atoms with Crippen LogP contribution < -0.4 is 0 Å². The van der Waals surface area contributed by atoms with Gasteiger partial charge in [0.25, 0.3) is 0 Å². The van der Waals surface area contributed by atoms with E-state index in [1.807, 2.05) is 0 Å². The van der Waals surface area contributed by atoms with Crippen molar-refractivity contribution in [3.05, 3.63) is 35.1 Å². The van der Waals surface area contributed by atoms with E-state index in [1.165, 1.54) is 11.8 Å². The second-order valence-electron chi connectivity index (χ2n) is 2.61. The number of hydrogen-bond acceptors (Lipinski definition) is 2. The van der Waals surface area contributed by atoms with E-state index in [-0.39, 0.29) is 11.3 Å². The van der Waals surface area contributed by atoms with E-state index in [0.717, 1.165) is 0 Å². The van der Waals surface area contributed by atoms with E-state index < -0.39 is 23.2 Å². The van der Waals surface area contributed by atoms with Crippen molar-refractivity contribution in [2.24, 2.45) is 0 Å². The maximum absolute atomic E-state index is 12.7. The Hall–Kier alpha value is -0.970. The molecule has 1 rings (SSSR count). The summed E-state index contributed by atoms with van der Waals surface area (Å²) in [7, 11) is 0. The van der Waals surface area contributed by atoms with Gasteiger partial charge in [-0.15, -0.1) is 0 Å². The van der Waals surface area contributed by atoms with E-state index in [9.17, 15) is 18.0 Å². The molecule has 76 valence electrons. The molecule has 1 aromatic rings. The Morgan fingerprint density at radius 1 is 1.29 bits per heavy atom. The number of ketones is 1. The number of benzene rings is 1. The predicted octanol–water partition coefficient (Wildman–Crippen LogP) is 2.65. The van der Waals surface area contributed by atoms with Crippen LogP contribution in [-0.4, -0.2) is 17.8 Å². The number of carbonyl (C=O) groups is 1. The molecule has 0 aliphatic carbocycles. The first-order chi connectivity index (χ1) is 6.56. The van der Waals surface area contributed by atoms with Crippen molar-refractivity contribution in [2.45, 2.75) is 0 Å². The molecule has 0 fully saturated rings. The Balaban J connectivity index is 3.06. The van der Waals surface area contributed by atoms with Gasteiger partial charge < -0.3 is 0 Å². The molecule has 0 aliphatic heterocycles. The molecule has 0 heterocycles. The Labute approximate surface area is 83.3 Å². The van der Waals surface area contributed by atoms with Gasteiger partial charge in [-0.25, -0.2) is 13.2 Å². The largest absolute Gasteiger partial charge is 0.293 e. The van der Waals surface area contributed by atoms with Crippen molar-refractivity contribution < 1.29 is 18.0 Å². The van der Waals surface area contributed by atoms with Crippen molar-refractivity contribution in [1.82, 2.24) is 0 Å². The second-order valence-corrected chi connectivity index (χ2v) is 3.48. The molecule has 0 aromatic heterocycles. The standard InChI is InChI=1S/C9H7F3OS/c1-14-4-8(13)5-2-6(10)9(12)7(11)3-5/h2-3H,4H2,1H3. The molecule has 0 atom stereocenters. The summed E-state index contributed by atoms with van der Waals surface area (Å²) in [6, 6.07) is 1.41. The van der Waals surface area contributed by atoms with Crippen LogP contribution in [0, 0.1) is 17.5 Å². The first kappa shape index (κ1) is 11.1. The number of rotatable bonds is 3. The van der Waals surface area contributed by atoms with Crippen molar-refractivity contribution in [1.29, 1.82) is 0 Å². The zero-order valence-corrected chi connectivity index (χ0v) is 8.13. The maximum atomic E-state index is 12.7. The van der Waals surface area contributed by atoms with Gasteiger partial charge >= 0.3 is 0 Å². The number of hydrogen-bond donors (Lipinski definition) is 0. The van der Waals surface area contributed by atoms with Gasteiger partial charge in [-0.3, -0.25) is 4.79 Å². The molecular weight excluding hydrogens is 213 g/mol. The van der Waals surface area contributed by atoms with Gasteiger partial charge in [0.15, 0.2) is 23.2 Å². The molecular formula is C9H7F3OS. The first-order valence-corrected chi connectivity index (χ1v) is 5.12. The lowest BCUT2D eigenvalue weighted by molar-refractivity contribution is 0.102. The number of carbonyl (C=O) groups excluding carboxylic acids is 1. The van der Waals surface area contributed by atoms with Crippen molar-refractivity contribution >= 4 is 17.5 Å². The Bertz CT molecular complexity index is 342. The molecule has 1 aromatic carbocycles. The van der Waals surface area contributed by atoms with Crippen LogP contribution in [0.2, 0.25) is 0 Å². The molecule has 0 saturated heterocycles. The van der Waals surface area contributed by atoms with Crippen molar-refractivity contribution in [3.63, 3.8) is 0 Å². The van der Waals surface area contributed by atoms with Gasteiger partial charge in [-0.1, -0.05) is 0 Å². The highest BCUT2D eigenvalue weighted by molar-refractivity contribution is 7.99. The fourth-order valence-electron chi connectivity index (χ4n) is 0.931. The normalized spacial score (nSPS) is 10.3. The summed E-state index contributed by atoms with van der Waals surface area (Å²) < 4.78 is 37.8. The van der Waals surface area contributed by atoms with E-state index in [4.69, 9.17) is 0 Å². The van der Waals surface area contributed by atoms with Gasteiger partial charge in [0.2, 0.25) is 0 Å². The van der Waals surface area contributed by atoms with E-state index in [2.05, 4.69) is 0 Å². The molecule has 0 aliphatic rings. The van der Waals surface area contributed by atoms with Crippen molar-refractivity contribution in [2.75, 3.05) is 12.0 Å². The molecule has 14 heavy (non-hydrogen) atoms. The van der Waals surface area contributed by atoms with Crippen molar-refractivity contribution in [3.8, 4) is 0 Å². The number of halogens is 3. The molecule has 1 nitrogen and oxygen atoms in total. The minimum Gasteiger partial charge on any atom is -0.293 e. The number of thioether (sulfide) groups is 1. The molecule has 0 saturated carbocycles. The van der Waals surface area contributed by atoms with Crippen LogP contribution in [0.1, 0.15) is 10.4 Å². The van der Waals surface area contributed by atoms with E-state index in [0.29, 0.717) is 12.1 Å². The lowest BCUT2D eigenvalue weighted by Gasteiger charge is -2.00. The molecule has 0 unspecified atom stereocenters. The van der Waals surface area contributed by atoms with Crippen LogP contribution in [0.4, 0.5) is 13.2 Å². The van der Waals surface area contributed by atoms with Crippen LogP contribution in [-0.2, 0) is 0 Å². The Morgan fingerprint density at radius 2 is 1.79 bits per heavy atom. The van der Waals surface area contributed by atoms with E-state index in [1.54, 1.807) is 6.26 Å². The third kappa shape index (κ3) is 2.29. The second kappa shape index (κ2) is 4.50. The summed E-state index contributed by atoms with van der Waals surface area (Å²) >= 11 is 1.23. The molecule has 0 spiro atoms. The maximum Gasteiger partial charge on any atom is 0.194 e. The summed E-state index contributed by atoms with van der Waals surface area (Å²) in [5.41, 5.74) is -0.143. The monoisotopic (exact) mass is 220 g/mol. The summed E-state index contributed by atoms with van der Waals surface area (Å²) in [6.07, 6.45) is 1.69. The zero-order chi connectivity index (χ0) is 10.7. The summed E-state index contributed by atoms with van der Waals surface area (Å²) in [6.45, 7) is 0. The summed E-state index contributed by atoms with van der Waals surface area (Å²) in [5, 5.41) is 0. The topological polar surface area (TPSA) is 17.1 Å². The highest BCUT2D eigenvalue weighted by Crippen LogP contribution is 2.14. The van der Waals surface area contributed by atoms with Gasteiger partial charge in [0, 0.05) is 5.56 Å². The van der Waals surface area contributed by atoms with Crippen LogP contribution >= 0.6 is 11.8 Å². The molecule has 0 bridgehead atoms. The summed E-state index contributed by atoms with van der Waals surface area (Å²) in [5.74, 6) is -4.53. The van der Waals surface area contributed by atoms with Crippen LogP contribution in [0.25, 0.3) is 0 Å². The average Bonchev–Trinajstić information content (AvgIpc) is 2.13. The lowest BCUT2D eigenvalue weighted by atomic mass is 10.1. The molecule has 5 heteroatoms. The van der Waals surface area contributed by atoms with Gasteiger partial charge in [0.05, 0.1) is 5.75 Å². The third-order valence-corrected chi connectivity index (χ3v) is 2.13. The van der Waals surface area contributed by atoms with Gasteiger partial charge in [0.1, 0.15) is 0 Å². The van der Waals surface area contributed by atoms with Gasteiger partial charge in [-0.05, 0) is 18.4 Å². The zero-order valence-electron chi connectivity index (χ0n) is 7.31. The Morgan fingerprint density at radius 3 is 2.21 bits per heavy atom. The third-order valence-electron chi connectivity index (χ3n) is 1.58. The quantitative estimate of drug-likeness (QED) is 0.575. The average molecular weight is 220 g/mol. The highest BCUT2D eigenvalue weighted by atomic mass is 32.2. The first-order valence-electron chi connectivity index (χ1n) is 3.73. The minimum atomic E-state index is -1.55. The smallest absolute Gasteiger partial charge is 0.194 e. The van der Waals surface area contributed by atoms with Crippen LogP contribution in [0.15, 0.2) is 12.1 Å². The highest BCUT2D eigenvalue weighted by Gasteiger charge is 2.14. The Kier molecular flexibility index (Phi) is 3.57. The van der Waals surface area contributed by atoms with Gasteiger partial charge in [-0.2, -0.15) is 11.8 Å². The predicted molar refractivity (Wildman–Crippen MR) is 49.0 cm³/mol. The van der Waals surface area contributed by atoms with E-state index >= 15 is 0 Å². The van der Waals surface area contributed by atoms with Crippen LogP contribution in [0.3, 0.4) is 0 Å². The molecule has 0 N–H and O–H groups in total. The fourth-order valence-corrected chi connectivity index (χ4v) is 1.36. The fraction of sp³-hybridized carbons (Fsp3) is 0.222. The lowest BCUT2D eigenvalue weighted by Crippen LogP contribution is -2.05. The number of Topliss-reactive ketones (excluding diaryl/α,β-unsaturated/α-hetero) is 1. The molecule has 0 radical (unpaired) electrons.